The monoisotopic (exact) mass is 243 g/mol. The second-order valence-corrected chi connectivity index (χ2v) is 6.00. The van der Waals surface area contributed by atoms with E-state index in [2.05, 4.69) is 4.98 Å². The molecule has 1 rings (SSSR count). The van der Waals surface area contributed by atoms with Crippen LogP contribution >= 0.6 is 0 Å². The van der Waals surface area contributed by atoms with E-state index >= 15 is 0 Å². The van der Waals surface area contributed by atoms with Gasteiger partial charge in [-0.1, -0.05) is 6.07 Å². The average molecular weight is 243 g/mol. The van der Waals surface area contributed by atoms with Crippen LogP contribution in [0.1, 0.15) is 5.56 Å². The molecule has 16 heavy (non-hydrogen) atoms. The number of nitrogens with zero attached hydrogens (tertiary/aromatic N) is 2. The van der Waals surface area contributed by atoms with Gasteiger partial charge in [0, 0.05) is 38.2 Å². The van der Waals surface area contributed by atoms with Crippen LogP contribution in [0.15, 0.2) is 18.3 Å². The summed E-state index contributed by atoms with van der Waals surface area (Å²) in [5.41, 5.74) is 6.50. The Bertz CT molecular complexity index is 445. The van der Waals surface area contributed by atoms with Gasteiger partial charge in [-0.2, -0.15) is 0 Å². The van der Waals surface area contributed by atoms with E-state index in [9.17, 15) is 8.42 Å². The summed E-state index contributed by atoms with van der Waals surface area (Å²) >= 11 is 0. The molecule has 0 atom stereocenters. The lowest BCUT2D eigenvalue weighted by Crippen LogP contribution is -2.27. The zero-order valence-electron chi connectivity index (χ0n) is 9.55. The minimum absolute atomic E-state index is 0.115. The molecule has 1 aromatic rings. The van der Waals surface area contributed by atoms with E-state index in [1.165, 1.54) is 6.26 Å². The fourth-order valence-corrected chi connectivity index (χ4v) is 1.95. The third kappa shape index (κ3) is 3.79. The molecule has 1 aromatic heterocycles. The largest absolute Gasteiger partial charge is 0.358 e. The Balaban J connectivity index is 2.76. The Morgan fingerprint density at radius 1 is 1.50 bits per heavy atom. The molecule has 1 heterocycles. The lowest BCUT2D eigenvalue weighted by atomic mass is 10.2. The number of hydrogen-bond donors (Lipinski definition) is 1. The van der Waals surface area contributed by atoms with Crippen molar-refractivity contribution in [3.05, 3.63) is 23.9 Å². The fourth-order valence-electron chi connectivity index (χ4n) is 1.34. The first-order valence-corrected chi connectivity index (χ1v) is 7.03. The van der Waals surface area contributed by atoms with Crippen molar-refractivity contribution in [2.75, 3.05) is 30.5 Å². The number of pyridine rings is 1. The van der Waals surface area contributed by atoms with Crippen LogP contribution in [-0.2, 0) is 16.4 Å². The van der Waals surface area contributed by atoms with Gasteiger partial charge >= 0.3 is 0 Å². The fraction of sp³-hybridized carbons (Fsp3) is 0.500. The second-order valence-electron chi connectivity index (χ2n) is 3.74. The van der Waals surface area contributed by atoms with Crippen molar-refractivity contribution in [3.8, 4) is 0 Å². The van der Waals surface area contributed by atoms with Gasteiger partial charge in [0.15, 0.2) is 0 Å². The summed E-state index contributed by atoms with van der Waals surface area (Å²) in [4.78, 5) is 6.01. The number of rotatable bonds is 5. The van der Waals surface area contributed by atoms with Gasteiger partial charge in [-0.15, -0.1) is 0 Å². The van der Waals surface area contributed by atoms with Crippen LogP contribution in [0.4, 0.5) is 5.82 Å². The zero-order chi connectivity index (χ0) is 12.2. The molecule has 0 aliphatic carbocycles. The second kappa shape index (κ2) is 5.27. The van der Waals surface area contributed by atoms with Gasteiger partial charge in [-0.25, -0.2) is 13.4 Å². The minimum atomic E-state index is -2.95. The van der Waals surface area contributed by atoms with Crippen molar-refractivity contribution in [2.24, 2.45) is 5.73 Å². The van der Waals surface area contributed by atoms with Crippen molar-refractivity contribution in [1.29, 1.82) is 0 Å². The van der Waals surface area contributed by atoms with Crippen LogP contribution in [-0.4, -0.2) is 39.0 Å². The number of sulfone groups is 1. The van der Waals surface area contributed by atoms with Crippen LogP contribution in [0.25, 0.3) is 0 Å². The van der Waals surface area contributed by atoms with E-state index in [-0.39, 0.29) is 5.75 Å². The van der Waals surface area contributed by atoms with Gasteiger partial charge in [-0.3, -0.25) is 0 Å². The molecule has 0 amide bonds. The minimum Gasteiger partial charge on any atom is -0.358 e. The lowest BCUT2D eigenvalue weighted by molar-refractivity contribution is 0.601. The molecule has 0 saturated heterocycles. The highest BCUT2D eigenvalue weighted by atomic mass is 32.2. The molecular formula is C10H17N3O2S. The van der Waals surface area contributed by atoms with Crippen molar-refractivity contribution < 1.29 is 8.42 Å². The number of hydrogen-bond acceptors (Lipinski definition) is 5. The summed E-state index contributed by atoms with van der Waals surface area (Å²) in [6, 6.07) is 3.70. The molecule has 0 unspecified atom stereocenters. The number of anilines is 1. The molecule has 0 bridgehead atoms. The highest BCUT2D eigenvalue weighted by molar-refractivity contribution is 7.90. The normalized spacial score (nSPS) is 11.4. The average Bonchev–Trinajstić information content (AvgIpc) is 2.25. The van der Waals surface area contributed by atoms with E-state index in [4.69, 9.17) is 5.73 Å². The molecule has 0 aliphatic heterocycles. The predicted octanol–water partition coefficient (Wildman–Crippen LogP) is 0.0211. The van der Waals surface area contributed by atoms with Gasteiger partial charge in [0.1, 0.15) is 15.7 Å². The van der Waals surface area contributed by atoms with Crippen molar-refractivity contribution in [3.63, 3.8) is 0 Å². The summed E-state index contributed by atoms with van der Waals surface area (Å²) in [5, 5.41) is 0. The third-order valence-electron chi connectivity index (χ3n) is 2.25. The molecule has 0 aliphatic rings. The maximum atomic E-state index is 11.0. The van der Waals surface area contributed by atoms with Crippen molar-refractivity contribution in [2.45, 2.75) is 6.54 Å². The van der Waals surface area contributed by atoms with E-state index in [1.54, 1.807) is 6.20 Å². The van der Waals surface area contributed by atoms with E-state index in [1.807, 2.05) is 24.1 Å². The molecule has 0 spiro atoms. The molecule has 2 N–H and O–H groups in total. The Morgan fingerprint density at radius 3 is 2.75 bits per heavy atom. The summed E-state index contributed by atoms with van der Waals surface area (Å²) in [5.74, 6) is 0.859. The van der Waals surface area contributed by atoms with Crippen LogP contribution in [0.2, 0.25) is 0 Å². The molecule has 0 radical (unpaired) electrons. The molecular weight excluding hydrogens is 226 g/mol. The van der Waals surface area contributed by atoms with E-state index < -0.39 is 9.84 Å². The van der Waals surface area contributed by atoms with Crippen LogP contribution in [0.5, 0.6) is 0 Å². The van der Waals surface area contributed by atoms with Crippen molar-refractivity contribution >= 4 is 15.7 Å². The molecule has 0 saturated carbocycles. The SMILES string of the molecule is CN(CCS(C)(=O)=O)c1ncccc1CN. The smallest absolute Gasteiger partial charge is 0.149 e. The van der Waals surface area contributed by atoms with Gasteiger partial charge in [0.05, 0.1) is 5.75 Å². The molecule has 5 nitrogen and oxygen atoms in total. The molecule has 6 heteroatoms. The summed E-state index contributed by atoms with van der Waals surface area (Å²) in [7, 11) is -1.14. The molecule has 0 aromatic carbocycles. The quantitative estimate of drug-likeness (QED) is 0.789. The third-order valence-corrected chi connectivity index (χ3v) is 3.17. The topological polar surface area (TPSA) is 76.3 Å². The Kier molecular flexibility index (Phi) is 4.26. The van der Waals surface area contributed by atoms with Gasteiger partial charge < -0.3 is 10.6 Å². The zero-order valence-corrected chi connectivity index (χ0v) is 10.4. The maximum Gasteiger partial charge on any atom is 0.149 e. The van der Waals surface area contributed by atoms with E-state index in [0.717, 1.165) is 11.4 Å². The van der Waals surface area contributed by atoms with Crippen LogP contribution in [0, 0.1) is 0 Å². The standard InChI is InChI=1S/C10H17N3O2S/c1-13(6-7-16(2,14)15)10-9(8-11)4-3-5-12-10/h3-5H,6-8,11H2,1-2H3. The highest BCUT2D eigenvalue weighted by Crippen LogP contribution is 2.14. The summed E-state index contributed by atoms with van der Waals surface area (Å²) < 4.78 is 22.1. The summed E-state index contributed by atoms with van der Waals surface area (Å²) in [6.07, 6.45) is 2.90. The van der Waals surface area contributed by atoms with Crippen molar-refractivity contribution in [1.82, 2.24) is 4.98 Å². The number of aromatic nitrogens is 1. The van der Waals surface area contributed by atoms with E-state index in [0.29, 0.717) is 13.1 Å². The van der Waals surface area contributed by atoms with Crippen LogP contribution < -0.4 is 10.6 Å². The lowest BCUT2D eigenvalue weighted by Gasteiger charge is -2.20. The summed E-state index contributed by atoms with van der Waals surface area (Å²) in [6.45, 7) is 0.815. The first-order chi connectivity index (χ1) is 7.44. The Morgan fingerprint density at radius 2 is 2.19 bits per heavy atom. The van der Waals surface area contributed by atoms with Gasteiger partial charge in [0.2, 0.25) is 0 Å². The first-order valence-electron chi connectivity index (χ1n) is 4.97. The highest BCUT2D eigenvalue weighted by Gasteiger charge is 2.10. The molecule has 90 valence electrons. The maximum absolute atomic E-state index is 11.0. The first kappa shape index (κ1) is 12.9. The predicted molar refractivity (Wildman–Crippen MR) is 65.1 cm³/mol. The Labute approximate surface area is 96.2 Å². The van der Waals surface area contributed by atoms with Gasteiger partial charge in [0.25, 0.3) is 0 Å². The Hall–Kier alpha value is -1.14. The number of nitrogens with two attached hydrogens (primary N) is 1. The van der Waals surface area contributed by atoms with Gasteiger partial charge in [-0.05, 0) is 6.07 Å². The van der Waals surface area contributed by atoms with Crippen LogP contribution in [0.3, 0.4) is 0 Å². The molecule has 0 fully saturated rings.